The summed E-state index contributed by atoms with van der Waals surface area (Å²) in [6.45, 7) is 7.32. The average Bonchev–Trinajstić information content (AvgIpc) is 3.51. The number of carbonyl (C=O) groups excluding carboxylic acids is 5. The predicted octanol–water partition coefficient (Wildman–Crippen LogP) is -1.97. The first-order valence-corrected chi connectivity index (χ1v) is 16.3. The van der Waals surface area contributed by atoms with Gasteiger partial charge in [0.1, 0.15) is 30.2 Å². The van der Waals surface area contributed by atoms with Crippen molar-refractivity contribution in [3.8, 4) is 0 Å². The van der Waals surface area contributed by atoms with Gasteiger partial charge in [0.15, 0.2) is 0 Å². The topological polar surface area (TPSA) is 272 Å². The third-order valence-electron chi connectivity index (χ3n) is 8.29. The second kappa shape index (κ2) is 20.7. The van der Waals surface area contributed by atoms with Gasteiger partial charge in [0, 0.05) is 6.54 Å². The summed E-state index contributed by atoms with van der Waals surface area (Å²) in [7, 11) is 0. The van der Waals surface area contributed by atoms with Gasteiger partial charge in [0.25, 0.3) is 0 Å². The van der Waals surface area contributed by atoms with Crippen molar-refractivity contribution in [2.24, 2.45) is 23.1 Å². The van der Waals surface area contributed by atoms with E-state index in [0.717, 1.165) is 0 Å². The summed E-state index contributed by atoms with van der Waals surface area (Å²) in [5.41, 5.74) is 17.1. The molecular weight excluding hydrogens is 600 g/mol. The molecule has 46 heavy (non-hydrogen) atoms. The van der Waals surface area contributed by atoms with Crippen LogP contribution < -0.4 is 38.5 Å². The molecular formula is C30H56N8O8. The molecule has 0 unspecified atom stereocenters. The monoisotopic (exact) mass is 656 g/mol. The zero-order valence-electron chi connectivity index (χ0n) is 27.6. The van der Waals surface area contributed by atoms with Crippen LogP contribution in [-0.4, -0.2) is 113 Å². The second-order valence-corrected chi connectivity index (χ2v) is 12.1. The van der Waals surface area contributed by atoms with E-state index in [2.05, 4.69) is 21.3 Å². The number of nitrogens with two attached hydrogens (primary N) is 3. The van der Waals surface area contributed by atoms with Crippen molar-refractivity contribution >= 4 is 35.5 Å². The molecule has 0 saturated carbocycles. The summed E-state index contributed by atoms with van der Waals surface area (Å²) >= 11 is 0. The van der Waals surface area contributed by atoms with Crippen LogP contribution in [0.2, 0.25) is 0 Å². The number of unbranched alkanes of at least 4 members (excludes halogenated alkanes) is 2. The number of carboxylic acid groups (broad SMARTS) is 1. The van der Waals surface area contributed by atoms with E-state index >= 15 is 0 Å². The minimum absolute atomic E-state index is 0.164. The number of nitrogens with one attached hydrogen (secondary N) is 4. The molecule has 0 aromatic carbocycles. The number of nitrogens with zero attached hydrogens (tertiary/aromatic N) is 1. The lowest BCUT2D eigenvalue weighted by molar-refractivity contribution is -0.145. The molecule has 1 aliphatic rings. The molecule has 0 aliphatic carbocycles. The van der Waals surface area contributed by atoms with Gasteiger partial charge in [-0.2, -0.15) is 0 Å². The number of aliphatic carboxylic acids is 1. The predicted molar refractivity (Wildman–Crippen MR) is 171 cm³/mol. The SMILES string of the molecule is CC[C@H](C)[C@H](NC(=O)[C@H](CCCCN)NC(=O)[C@@H](NC(=O)[C@@H](N)CCCCN)[C@@H](C)O)C(=O)N1CCC[C@H]1C(=O)N[C@@H](C)C(=O)O. The number of amides is 5. The minimum atomic E-state index is -1.40. The molecule has 1 rings (SSSR count). The van der Waals surface area contributed by atoms with Crippen molar-refractivity contribution in [1.82, 2.24) is 26.2 Å². The number of hydrogen-bond acceptors (Lipinski definition) is 10. The molecule has 0 aromatic rings. The molecule has 12 N–H and O–H groups in total. The lowest BCUT2D eigenvalue weighted by Crippen LogP contribution is -2.61. The Balaban J connectivity index is 3.15. The van der Waals surface area contributed by atoms with Crippen LogP contribution in [0.1, 0.15) is 85.5 Å². The van der Waals surface area contributed by atoms with Crippen molar-refractivity contribution in [3.05, 3.63) is 0 Å². The zero-order chi connectivity index (χ0) is 35.0. The van der Waals surface area contributed by atoms with E-state index in [1.165, 1.54) is 18.7 Å². The Morgan fingerprint density at radius 1 is 0.826 bits per heavy atom. The van der Waals surface area contributed by atoms with E-state index in [1.807, 2.05) is 6.92 Å². The fraction of sp³-hybridized carbons (Fsp3) is 0.800. The van der Waals surface area contributed by atoms with Crippen LogP contribution in [0, 0.1) is 5.92 Å². The molecule has 16 heteroatoms. The molecule has 1 fully saturated rings. The zero-order valence-corrected chi connectivity index (χ0v) is 27.6. The van der Waals surface area contributed by atoms with Gasteiger partial charge in [-0.05, 0) is 77.8 Å². The summed E-state index contributed by atoms with van der Waals surface area (Å²) in [5.74, 6) is -4.74. The van der Waals surface area contributed by atoms with Crippen LogP contribution in [0.4, 0.5) is 0 Å². The number of aliphatic hydroxyl groups excluding tert-OH is 1. The van der Waals surface area contributed by atoms with Crippen LogP contribution in [0.3, 0.4) is 0 Å². The fourth-order valence-corrected chi connectivity index (χ4v) is 5.12. The second-order valence-electron chi connectivity index (χ2n) is 12.1. The van der Waals surface area contributed by atoms with E-state index in [9.17, 15) is 39.0 Å². The highest BCUT2D eigenvalue weighted by Gasteiger charge is 2.40. The smallest absolute Gasteiger partial charge is 0.325 e. The third-order valence-corrected chi connectivity index (χ3v) is 8.29. The van der Waals surface area contributed by atoms with Crippen LogP contribution in [-0.2, 0) is 28.8 Å². The van der Waals surface area contributed by atoms with E-state index in [4.69, 9.17) is 17.2 Å². The molecule has 16 nitrogen and oxygen atoms in total. The lowest BCUT2D eigenvalue weighted by Gasteiger charge is -2.33. The van der Waals surface area contributed by atoms with Crippen LogP contribution >= 0.6 is 0 Å². The Hall–Kier alpha value is -3.34. The van der Waals surface area contributed by atoms with Gasteiger partial charge in [-0.3, -0.25) is 28.8 Å². The maximum atomic E-state index is 13.8. The maximum absolute atomic E-state index is 13.8. The number of likely N-dealkylation sites (tertiary alicyclic amines) is 1. The molecule has 0 aromatic heterocycles. The van der Waals surface area contributed by atoms with Crippen molar-refractivity contribution < 1.29 is 39.0 Å². The minimum Gasteiger partial charge on any atom is -0.480 e. The van der Waals surface area contributed by atoms with Gasteiger partial charge < -0.3 is 53.6 Å². The van der Waals surface area contributed by atoms with E-state index < -0.39 is 77.9 Å². The first-order valence-electron chi connectivity index (χ1n) is 16.3. The van der Waals surface area contributed by atoms with Crippen molar-refractivity contribution in [2.45, 2.75) is 128 Å². The fourth-order valence-electron chi connectivity index (χ4n) is 5.12. The van der Waals surface area contributed by atoms with Crippen LogP contribution in [0.5, 0.6) is 0 Å². The highest BCUT2D eigenvalue weighted by Crippen LogP contribution is 2.22. The first-order chi connectivity index (χ1) is 21.7. The van der Waals surface area contributed by atoms with Gasteiger partial charge >= 0.3 is 5.97 Å². The standard InChI is InChI=1S/C30H56N8O8/c1-5-17(2)23(29(44)38-16-10-13-22(38)27(42)34-18(3)30(45)46)36-26(41)21(12-7-9-15-32)35-28(43)24(19(4)39)37-25(40)20(33)11-6-8-14-31/h17-24,39H,5-16,31-33H2,1-4H3,(H,34,42)(H,35,43)(H,36,41)(H,37,40)(H,45,46)/t17-,18-,19+,20-,21-,22-,23-,24-/m0/s1. The Kier molecular flexibility index (Phi) is 18.3. The molecule has 264 valence electrons. The van der Waals surface area contributed by atoms with Crippen LogP contribution in [0.15, 0.2) is 0 Å². The molecule has 0 bridgehead atoms. The van der Waals surface area contributed by atoms with Crippen LogP contribution in [0.25, 0.3) is 0 Å². The molecule has 1 heterocycles. The maximum Gasteiger partial charge on any atom is 0.325 e. The molecule has 1 saturated heterocycles. The molecule has 0 radical (unpaired) electrons. The Labute approximate surface area is 271 Å². The molecule has 8 atom stereocenters. The van der Waals surface area contributed by atoms with Gasteiger partial charge in [-0.25, -0.2) is 0 Å². The summed E-state index contributed by atoms with van der Waals surface area (Å²) in [4.78, 5) is 78.9. The number of carboxylic acids is 1. The van der Waals surface area contributed by atoms with E-state index in [-0.39, 0.29) is 18.9 Å². The van der Waals surface area contributed by atoms with Crippen molar-refractivity contribution in [1.29, 1.82) is 0 Å². The third kappa shape index (κ3) is 12.8. The molecule has 1 aliphatic heterocycles. The van der Waals surface area contributed by atoms with Gasteiger partial charge in [-0.1, -0.05) is 26.7 Å². The summed E-state index contributed by atoms with van der Waals surface area (Å²) in [5, 5.41) is 29.8. The highest BCUT2D eigenvalue weighted by molar-refractivity contribution is 5.96. The van der Waals surface area contributed by atoms with Gasteiger partial charge in [0.05, 0.1) is 12.1 Å². The normalized spacial score (nSPS) is 19.1. The highest BCUT2D eigenvalue weighted by atomic mass is 16.4. The summed E-state index contributed by atoms with van der Waals surface area (Å²) in [6, 6.07) is -6.54. The van der Waals surface area contributed by atoms with E-state index in [0.29, 0.717) is 64.5 Å². The van der Waals surface area contributed by atoms with Gasteiger partial charge in [-0.15, -0.1) is 0 Å². The Bertz CT molecular complexity index is 1030. The van der Waals surface area contributed by atoms with Gasteiger partial charge in [0.2, 0.25) is 29.5 Å². The summed E-state index contributed by atoms with van der Waals surface area (Å²) in [6.07, 6.45) is 2.86. The number of carbonyl (C=O) groups is 6. The average molecular weight is 657 g/mol. The quantitative estimate of drug-likeness (QED) is 0.0612. The van der Waals surface area contributed by atoms with E-state index in [1.54, 1.807) is 6.92 Å². The summed E-state index contributed by atoms with van der Waals surface area (Å²) < 4.78 is 0. The first kappa shape index (κ1) is 40.7. The Morgan fingerprint density at radius 3 is 1.96 bits per heavy atom. The van der Waals surface area contributed by atoms with Crippen molar-refractivity contribution in [3.63, 3.8) is 0 Å². The lowest BCUT2D eigenvalue weighted by atomic mass is 9.96. The Morgan fingerprint density at radius 2 is 1.41 bits per heavy atom. The number of aliphatic hydroxyl groups is 1. The largest absolute Gasteiger partial charge is 0.480 e. The molecule has 5 amide bonds. The number of rotatable bonds is 21. The van der Waals surface area contributed by atoms with Crippen molar-refractivity contribution in [2.75, 3.05) is 19.6 Å². The number of hydrogen-bond donors (Lipinski definition) is 9. The molecule has 0 spiro atoms.